The maximum absolute atomic E-state index is 10.7. The Morgan fingerprint density at radius 2 is 0.698 bits per heavy atom. The van der Waals surface area contributed by atoms with Crippen molar-refractivity contribution >= 4 is 7.82 Å². The number of quaternary nitrogens is 3. The Labute approximate surface area is 512 Å². The third-order valence-corrected chi connectivity index (χ3v) is 20.4. The van der Waals surface area contributed by atoms with Gasteiger partial charge < -0.3 is 63.5 Å². The largest absolute Gasteiger partial charge is 0.822 e. The van der Waals surface area contributed by atoms with Crippen LogP contribution in [0.5, 0.6) is 17.2 Å². The molecule has 12 unspecified atom stereocenters. The van der Waals surface area contributed by atoms with E-state index >= 15 is 0 Å². The van der Waals surface area contributed by atoms with Crippen molar-refractivity contribution in [3.05, 3.63) is 197 Å². The monoisotopic (exact) mass is 1190 g/mol. The second kappa shape index (κ2) is 30.7. The van der Waals surface area contributed by atoms with Gasteiger partial charge >= 0.3 is 0 Å². The molecule has 0 amide bonds. The number of fused-ring (bicyclic) bond motifs is 3. The fourth-order valence-corrected chi connectivity index (χ4v) is 16.4. The molecule has 0 aromatic heterocycles. The van der Waals surface area contributed by atoms with Crippen molar-refractivity contribution in [2.75, 3.05) is 78.7 Å². The quantitative estimate of drug-likeness (QED) is 0.0512. The number of hydrogen-bond donors (Lipinski definition) is 6. The van der Waals surface area contributed by atoms with Gasteiger partial charge in [-0.2, -0.15) is 7.82 Å². The van der Waals surface area contributed by atoms with Crippen molar-refractivity contribution in [1.29, 1.82) is 0 Å². The summed E-state index contributed by atoms with van der Waals surface area (Å²) in [6, 6.07) is 56.8. The Morgan fingerprint density at radius 1 is 0.430 bits per heavy atom. The van der Waals surface area contributed by atoms with Crippen LogP contribution < -0.4 is 43.6 Å². The van der Waals surface area contributed by atoms with E-state index in [9.17, 15) is 15.3 Å². The van der Waals surface area contributed by atoms with Crippen LogP contribution in [0.3, 0.4) is 0 Å². The smallest absolute Gasteiger partial charge is 0.128 e. The van der Waals surface area contributed by atoms with Gasteiger partial charge in [-0.25, -0.2) is 0 Å². The number of hydrogen-bond acceptors (Lipinski definition) is 10. The number of ether oxygens (including phenoxy) is 3. The molecule has 14 heteroatoms. The summed E-state index contributed by atoms with van der Waals surface area (Å²) in [5.74, 6) is 5.14. The average molecular weight is 1190 g/mol. The highest BCUT2D eigenvalue weighted by Crippen LogP contribution is 2.52. The third kappa shape index (κ3) is 16.6. The molecule has 3 aliphatic carbocycles. The summed E-state index contributed by atoms with van der Waals surface area (Å²) in [4.78, 5) is 30.3. The van der Waals surface area contributed by atoms with Crippen molar-refractivity contribution in [1.82, 2.24) is 0 Å². The first kappa shape index (κ1) is 65.0. The molecule has 6 aliphatic rings. The van der Waals surface area contributed by atoms with Crippen LogP contribution in [0, 0.1) is 17.8 Å². The van der Waals surface area contributed by atoms with Crippen molar-refractivity contribution in [2.45, 2.75) is 132 Å². The number of rotatable bonds is 18. The normalized spacial score (nSPS) is 27.5. The lowest BCUT2D eigenvalue weighted by atomic mass is 9.67. The zero-order valence-corrected chi connectivity index (χ0v) is 52.1. The summed E-state index contributed by atoms with van der Waals surface area (Å²) in [5.41, 5.74) is 8.47. The third-order valence-electron chi connectivity index (χ3n) is 20.4. The van der Waals surface area contributed by atoms with Crippen molar-refractivity contribution in [3.8, 4) is 17.2 Å². The molecular formula is C72H96N3O10P. The molecule has 0 bridgehead atoms. The van der Waals surface area contributed by atoms with Crippen LogP contribution in [0.15, 0.2) is 164 Å². The fraction of sp³-hybridized carbons (Fsp3) is 0.500. The van der Waals surface area contributed by atoms with E-state index in [0.29, 0.717) is 34.0 Å². The van der Waals surface area contributed by atoms with Crippen LogP contribution in [-0.2, 0) is 20.8 Å². The highest BCUT2D eigenvalue weighted by Gasteiger charge is 2.52. The van der Waals surface area contributed by atoms with Crippen molar-refractivity contribution < 1.29 is 63.5 Å². The van der Waals surface area contributed by atoms with E-state index in [4.69, 9.17) is 33.5 Å². The second-order valence-electron chi connectivity index (χ2n) is 25.3. The Balaban J connectivity index is 0.000000148. The number of benzene rings is 6. The lowest BCUT2D eigenvalue weighted by molar-refractivity contribution is -0.914. The fourth-order valence-electron chi connectivity index (χ4n) is 16.4. The molecule has 3 aliphatic heterocycles. The maximum Gasteiger partial charge on any atom is 0.128 e. The highest BCUT2D eigenvalue weighted by atomic mass is 31.2. The van der Waals surface area contributed by atoms with Gasteiger partial charge in [0.15, 0.2) is 0 Å². The SMILES string of the molecule is CCOc1cccc(C23CCCC2C[NH+](CC(O)c2ccccc2)CC3)c1.CCOc1cccc(C23CCCC2C[NH+](CC(O)c2ccccc2)CC3)c1.CCOc1cccc(C23CCCC2C[NH+](CC(O)c2ccccc2)CC3)c1.O=P([O-])([O-])[O-]. The lowest BCUT2D eigenvalue weighted by Gasteiger charge is -2.43. The van der Waals surface area contributed by atoms with Crippen LogP contribution in [0.25, 0.3) is 0 Å². The molecule has 0 radical (unpaired) electrons. The van der Waals surface area contributed by atoms with Gasteiger partial charge in [0.05, 0.1) is 59.1 Å². The predicted molar refractivity (Wildman–Crippen MR) is 332 cm³/mol. The first-order valence-electron chi connectivity index (χ1n) is 32.3. The molecule has 3 saturated heterocycles. The van der Waals surface area contributed by atoms with Crippen LogP contribution in [0.4, 0.5) is 0 Å². The topological polar surface area (TPSA) is 188 Å². The predicted octanol–water partition coefficient (Wildman–Crippen LogP) is 6.61. The molecule has 6 N–H and O–H groups in total. The molecule has 13 nitrogen and oxygen atoms in total. The Hall–Kier alpha value is -5.41. The van der Waals surface area contributed by atoms with E-state index in [0.717, 1.165) is 93.0 Å². The molecule has 464 valence electrons. The van der Waals surface area contributed by atoms with Gasteiger partial charge in [0.1, 0.15) is 55.2 Å². The zero-order valence-electron chi connectivity index (χ0n) is 51.2. The molecule has 3 heterocycles. The second-order valence-corrected chi connectivity index (χ2v) is 26.2. The number of aliphatic hydroxyl groups is 3. The highest BCUT2D eigenvalue weighted by molar-refractivity contribution is 7.40. The molecular weight excluding hydrogens is 1100 g/mol. The lowest BCUT2D eigenvalue weighted by Crippen LogP contribution is -3.14. The maximum atomic E-state index is 10.7. The number of nitrogens with one attached hydrogen (secondary N) is 3. The van der Waals surface area contributed by atoms with Gasteiger partial charge in [0.25, 0.3) is 0 Å². The molecule has 3 saturated carbocycles. The summed E-state index contributed by atoms with van der Waals surface area (Å²) < 4.78 is 25.8. The first-order valence-corrected chi connectivity index (χ1v) is 33.7. The average Bonchev–Trinajstić information content (AvgIpc) is 2.13. The van der Waals surface area contributed by atoms with E-state index in [1.807, 2.05) is 112 Å². The zero-order chi connectivity index (χ0) is 60.6. The van der Waals surface area contributed by atoms with Gasteiger partial charge in [0.2, 0.25) is 0 Å². The number of aliphatic hydroxyl groups excluding tert-OH is 3. The number of phosphoric acid groups is 1. The molecule has 6 aromatic rings. The van der Waals surface area contributed by atoms with Gasteiger partial charge in [-0.05, 0) is 129 Å². The minimum atomic E-state index is -5.39. The summed E-state index contributed by atoms with van der Waals surface area (Å²) in [6.07, 6.45) is 14.3. The van der Waals surface area contributed by atoms with Gasteiger partial charge in [0, 0.05) is 53.3 Å². The Kier molecular flexibility index (Phi) is 23.2. The van der Waals surface area contributed by atoms with Crippen molar-refractivity contribution in [2.24, 2.45) is 17.8 Å². The summed E-state index contributed by atoms with van der Waals surface area (Å²) in [5, 5.41) is 32.0. The Bertz CT molecular complexity index is 2730. The van der Waals surface area contributed by atoms with Gasteiger partial charge in [-0.1, -0.05) is 147 Å². The van der Waals surface area contributed by atoms with E-state index in [1.54, 1.807) is 14.7 Å². The molecule has 6 aromatic carbocycles. The molecule has 12 rings (SSSR count). The summed E-state index contributed by atoms with van der Waals surface area (Å²) in [6.45, 7) is 17.7. The van der Waals surface area contributed by atoms with E-state index in [1.165, 1.54) is 113 Å². The van der Waals surface area contributed by atoms with E-state index < -0.39 is 7.82 Å². The van der Waals surface area contributed by atoms with Crippen LogP contribution in [0.2, 0.25) is 0 Å². The number of piperidine rings is 3. The molecule has 86 heavy (non-hydrogen) atoms. The molecule has 12 atom stereocenters. The van der Waals surface area contributed by atoms with Crippen molar-refractivity contribution in [3.63, 3.8) is 0 Å². The minimum Gasteiger partial charge on any atom is -0.822 e. The summed E-state index contributed by atoms with van der Waals surface area (Å²) >= 11 is 0. The van der Waals surface area contributed by atoms with E-state index in [2.05, 4.69) is 72.8 Å². The molecule has 0 spiro atoms. The number of likely N-dealkylation sites (tertiary alicyclic amines) is 3. The van der Waals surface area contributed by atoms with Gasteiger partial charge in [-0.15, -0.1) is 0 Å². The van der Waals surface area contributed by atoms with Gasteiger partial charge in [-0.3, -0.25) is 0 Å². The summed E-state index contributed by atoms with van der Waals surface area (Å²) in [7, 11) is -5.39. The minimum absolute atomic E-state index is 0.314. The first-order chi connectivity index (χ1) is 41.6. The van der Waals surface area contributed by atoms with E-state index in [-0.39, 0.29) is 18.3 Å². The standard InChI is InChI=1S/3C24H31NO2.H3O4P/c3*1-2-27-22-12-6-10-20(16-22)24-13-7-11-21(24)17-25(15-14-24)18-23(26)19-8-4-3-5-9-19;1-5(2,3)4/h3*3-6,8-10,12,16,21,23,26H,2,7,11,13-15,17-18H2,1H3;(H3,1,2,3,4). The van der Waals surface area contributed by atoms with Crippen LogP contribution in [0.1, 0.15) is 150 Å². The molecule has 6 fully saturated rings. The van der Waals surface area contributed by atoms with Crippen LogP contribution >= 0.6 is 7.82 Å². The Morgan fingerprint density at radius 3 is 0.953 bits per heavy atom. The van der Waals surface area contributed by atoms with Crippen LogP contribution in [-0.4, -0.2) is 94.0 Å².